The van der Waals surface area contributed by atoms with E-state index in [9.17, 15) is 0 Å². The highest BCUT2D eigenvalue weighted by molar-refractivity contribution is 9.10. The Bertz CT molecular complexity index is 461. The van der Waals surface area contributed by atoms with Crippen LogP contribution in [-0.4, -0.2) is 6.10 Å². The summed E-state index contributed by atoms with van der Waals surface area (Å²) in [5.74, 6) is 2.18. The number of rotatable bonds is 5. The van der Waals surface area contributed by atoms with Crippen LogP contribution >= 0.6 is 15.9 Å². The lowest BCUT2D eigenvalue weighted by molar-refractivity contribution is -0.0474. The van der Waals surface area contributed by atoms with Gasteiger partial charge >= 0.3 is 0 Å². The summed E-state index contributed by atoms with van der Waals surface area (Å²) in [6.45, 7) is 8.26. The fourth-order valence-corrected chi connectivity index (χ4v) is 3.88. The average molecular weight is 354 g/mol. The highest BCUT2D eigenvalue weighted by atomic mass is 79.9. The molecule has 1 aromatic carbocycles. The van der Waals surface area contributed by atoms with Gasteiger partial charge in [0.15, 0.2) is 0 Å². The van der Waals surface area contributed by atoms with Crippen LogP contribution in [0, 0.1) is 17.8 Å². The summed E-state index contributed by atoms with van der Waals surface area (Å²) in [5.41, 5.74) is 8.04. The zero-order valence-electron chi connectivity index (χ0n) is 13.4. The maximum Gasteiger partial charge on any atom is 0.0731 e. The molecule has 0 amide bonds. The molecule has 1 aromatic rings. The van der Waals surface area contributed by atoms with Crippen molar-refractivity contribution in [2.75, 3.05) is 0 Å². The molecular weight excluding hydrogens is 326 g/mol. The first-order valence-electron chi connectivity index (χ1n) is 8.10. The van der Waals surface area contributed by atoms with Crippen molar-refractivity contribution in [2.24, 2.45) is 23.5 Å². The van der Waals surface area contributed by atoms with Crippen LogP contribution in [-0.2, 0) is 17.9 Å². The molecule has 0 saturated heterocycles. The second-order valence-electron chi connectivity index (χ2n) is 6.81. The van der Waals surface area contributed by atoms with Crippen molar-refractivity contribution in [3.05, 3.63) is 33.8 Å². The summed E-state index contributed by atoms with van der Waals surface area (Å²) in [6, 6.07) is 6.32. The van der Waals surface area contributed by atoms with E-state index in [1.54, 1.807) is 0 Å². The van der Waals surface area contributed by atoms with Gasteiger partial charge in [-0.2, -0.15) is 0 Å². The molecule has 1 aliphatic rings. The number of hydrogen-bond acceptors (Lipinski definition) is 2. The van der Waals surface area contributed by atoms with Crippen LogP contribution in [0.25, 0.3) is 0 Å². The lowest BCUT2D eigenvalue weighted by atomic mass is 9.75. The molecule has 1 saturated carbocycles. The molecule has 3 unspecified atom stereocenters. The molecule has 2 rings (SSSR count). The van der Waals surface area contributed by atoms with E-state index < -0.39 is 0 Å². The van der Waals surface area contributed by atoms with Gasteiger partial charge in [0.05, 0.1) is 12.7 Å². The molecule has 3 heteroatoms. The Morgan fingerprint density at radius 2 is 2.10 bits per heavy atom. The number of benzene rings is 1. The van der Waals surface area contributed by atoms with Gasteiger partial charge in [-0.25, -0.2) is 0 Å². The van der Waals surface area contributed by atoms with E-state index in [1.807, 2.05) is 0 Å². The molecular formula is C18H28BrNO. The summed E-state index contributed by atoms with van der Waals surface area (Å²) in [4.78, 5) is 0. The maximum absolute atomic E-state index is 6.31. The van der Waals surface area contributed by atoms with Crippen LogP contribution in [0.5, 0.6) is 0 Å². The van der Waals surface area contributed by atoms with Gasteiger partial charge in [-0.05, 0) is 47.8 Å². The fourth-order valence-electron chi connectivity index (χ4n) is 3.34. The number of nitrogens with two attached hydrogens (primary N) is 1. The highest BCUT2D eigenvalue weighted by Crippen LogP contribution is 2.36. The van der Waals surface area contributed by atoms with Crippen LogP contribution in [0.3, 0.4) is 0 Å². The quantitative estimate of drug-likeness (QED) is 0.817. The predicted molar refractivity (Wildman–Crippen MR) is 92.0 cm³/mol. The molecule has 0 heterocycles. The van der Waals surface area contributed by atoms with E-state index in [1.165, 1.54) is 24.8 Å². The number of halogens is 1. The molecule has 0 spiro atoms. The first kappa shape index (κ1) is 17.0. The zero-order valence-corrected chi connectivity index (χ0v) is 15.0. The van der Waals surface area contributed by atoms with Gasteiger partial charge in [0, 0.05) is 11.0 Å². The lowest BCUT2D eigenvalue weighted by Gasteiger charge is -2.37. The smallest absolute Gasteiger partial charge is 0.0731 e. The Morgan fingerprint density at radius 3 is 2.71 bits per heavy atom. The van der Waals surface area contributed by atoms with Gasteiger partial charge in [0.1, 0.15) is 0 Å². The minimum Gasteiger partial charge on any atom is -0.373 e. The van der Waals surface area contributed by atoms with Crippen molar-refractivity contribution in [3.8, 4) is 0 Å². The molecule has 1 fully saturated rings. The molecule has 0 radical (unpaired) electrons. The molecule has 21 heavy (non-hydrogen) atoms. The van der Waals surface area contributed by atoms with E-state index in [0.717, 1.165) is 16.0 Å². The Hall–Kier alpha value is -0.380. The minimum atomic E-state index is 0.398. The SMILES string of the molecule is CC1CCC(C(C)C)C(OCc2ccc(CN)cc2Br)C1. The molecule has 2 nitrogen and oxygen atoms in total. The topological polar surface area (TPSA) is 35.2 Å². The average Bonchev–Trinajstić information content (AvgIpc) is 2.45. The summed E-state index contributed by atoms with van der Waals surface area (Å²) < 4.78 is 7.41. The van der Waals surface area contributed by atoms with Crippen LogP contribution in [0.4, 0.5) is 0 Å². The van der Waals surface area contributed by atoms with Gasteiger partial charge < -0.3 is 10.5 Å². The largest absolute Gasteiger partial charge is 0.373 e. The first-order valence-corrected chi connectivity index (χ1v) is 8.89. The summed E-state index contributed by atoms with van der Waals surface area (Å²) in [7, 11) is 0. The van der Waals surface area contributed by atoms with Gasteiger partial charge in [-0.15, -0.1) is 0 Å². The van der Waals surface area contributed by atoms with Gasteiger partial charge in [0.25, 0.3) is 0 Å². The van der Waals surface area contributed by atoms with Crippen LogP contribution < -0.4 is 5.73 Å². The predicted octanol–water partition coefficient (Wildman–Crippen LogP) is 4.89. The monoisotopic (exact) mass is 353 g/mol. The third kappa shape index (κ3) is 4.54. The van der Waals surface area contributed by atoms with E-state index in [0.29, 0.717) is 31.1 Å². The molecule has 0 aliphatic heterocycles. The van der Waals surface area contributed by atoms with Gasteiger partial charge in [0.2, 0.25) is 0 Å². The fraction of sp³-hybridized carbons (Fsp3) is 0.667. The van der Waals surface area contributed by atoms with Crippen molar-refractivity contribution in [1.82, 2.24) is 0 Å². The van der Waals surface area contributed by atoms with Gasteiger partial charge in [-0.1, -0.05) is 55.3 Å². The Morgan fingerprint density at radius 1 is 1.33 bits per heavy atom. The third-order valence-electron chi connectivity index (χ3n) is 4.77. The van der Waals surface area contributed by atoms with Crippen molar-refractivity contribution < 1.29 is 4.74 Å². The summed E-state index contributed by atoms with van der Waals surface area (Å²) in [6.07, 6.45) is 4.24. The van der Waals surface area contributed by atoms with Crippen molar-refractivity contribution in [2.45, 2.75) is 59.3 Å². The molecule has 118 valence electrons. The highest BCUT2D eigenvalue weighted by Gasteiger charge is 2.31. The van der Waals surface area contributed by atoms with Gasteiger partial charge in [-0.3, -0.25) is 0 Å². The molecule has 0 bridgehead atoms. The van der Waals surface area contributed by atoms with Crippen molar-refractivity contribution in [1.29, 1.82) is 0 Å². The Balaban J connectivity index is 2.00. The Kier molecular flexibility index (Phi) is 6.27. The maximum atomic E-state index is 6.31. The molecule has 2 N–H and O–H groups in total. The minimum absolute atomic E-state index is 0.398. The van der Waals surface area contributed by atoms with Crippen molar-refractivity contribution in [3.63, 3.8) is 0 Å². The molecule has 0 aromatic heterocycles. The Labute approximate surface area is 137 Å². The van der Waals surface area contributed by atoms with E-state index in [4.69, 9.17) is 10.5 Å². The third-order valence-corrected chi connectivity index (χ3v) is 5.51. The van der Waals surface area contributed by atoms with Crippen molar-refractivity contribution >= 4 is 15.9 Å². The van der Waals surface area contributed by atoms with E-state index in [-0.39, 0.29) is 0 Å². The first-order chi connectivity index (χ1) is 10.0. The van der Waals surface area contributed by atoms with Crippen LogP contribution in [0.15, 0.2) is 22.7 Å². The second kappa shape index (κ2) is 7.75. The standard InChI is InChI=1S/C18H28BrNO/c1-12(2)16-7-4-13(3)8-18(16)21-11-15-6-5-14(10-20)9-17(15)19/h5-6,9,12-13,16,18H,4,7-8,10-11,20H2,1-3H3. The van der Waals surface area contributed by atoms with Crippen LogP contribution in [0.2, 0.25) is 0 Å². The zero-order chi connectivity index (χ0) is 15.4. The normalized spacial score (nSPS) is 26.3. The van der Waals surface area contributed by atoms with E-state index >= 15 is 0 Å². The molecule has 1 aliphatic carbocycles. The summed E-state index contributed by atoms with van der Waals surface area (Å²) in [5, 5.41) is 0. The lowest BCUT2D eigenvalue weighted by Crippen LogP contribution is -2.34. The second-order valence-corrected chi connectivity index (χ2v) is 7.66. The summed E-state index contributed by atoms with van der Waals surface area (Å²) >= 11 is 3.63. The van der Waals surface area contributed by atoms with Crippen LogP contribution in [0.1, 0.15) is 51.2 Å². The number of ether oxygens (including phenoxy) is 1. The number of hydrogen-bond donors (Lipinski definition) is 1. The molecule has 3 atom stereocenters. The van der Waals surface area contributed by atoms with E-state index in [2.05, 4.69) is 54.9 Å².